The monoisotopic (exact) mass is 828 g/mol. The van der Waals surface area contributed by atoms with Gasteiger partial charge in [-0.05, 0) is 19.9 Å². The van der Waals surface area contributed by atoms with Gasteiger partial charge in [0.2, 0.25) is 0 Å². The number of rotatable bonds is 18. The first-order valence-corrected chi connectivity index (χ1v) is 21.6. The van der Waals surface area contributed by atoms with E-state index in [0.29, 0.717) is 29.1 Å². The molecule has 0 aliphatic carbocycles. The van der Waals surface area contributed by atoms with E-state index in [2.05, 4.69) is 30.4 Å². The van der Waals surface area contributed by atoms with Crippen LogP contribution in [0.3, 0.4) is 0 Å². The number of nitro benzene ring substituents is 1. The van der Waals surface area contributed by atoms with Crippen molar-refractivity contribution >= 4 is 67.6 Å². The molecule has 2 aromatic heterocycles. The third kappa shape index (κ3) is 12.3. The normalized spacial score (nSPS) is 20.2. The van der Waals surface area contributed by atoms with Gasteiger partial charge in [0.25, 0.3) is 5.69 Å². The maximum atomic E-state index is 12.5. The van der Waals surface area contributed by atoms with Crippen molar-refractivity contribution in [2.75, 3.05) is 31.4 Å². The topological polar surface area (TPSA) is 313 Å². The van der Waals surface area contributed by atoms with E-state index in [1.165, 1.54) is 35.3 Å². The van der Waals surface area contributed by atoms with Crippen molar-refractivity contribution in [3.8, 4) is 11.8 Å². The molecule has 2 unspecified atom stereocenters. The number of nitrogens with two attached hydrogens (primary N) is 2. The lowest BCUT2D eigenvalue weighted by Crippen LogP contribution is -2.29. The molecule has 0 radical (unpaired) electrons. The molecule has 21 nitrogen and oxygen atoms in total. The third-order valence-electron chi connectivity index (χ3n) is 6.89. The minimum Gasteiger partial charge on any atom is -0.383 e. The van der Waals surface area contributed by atoms with E-state index in [9.17, 15) is 33.6 Å². The number of benzene rings is 1. The number of hydrogen-bond donors (Lipinski definition) is 6. The smallest absolute Gasteiger partial charge is 0.383 e. The second-order valence-corrected chi connectivity index (χ2v) is 18.7. The van der Waals surface area contributed by atoms with Crippen LogP contribution >= 0.6 is 45.1 Å². The summed E-state index contributed by atoms with van der Waals surface area (Å²) in [5.74, 6) is 6.37. The summed E-state index contributed by atoms with van der Waals surface area (Å²) < 4.78 is 66.8. The van der Waals surface area contributed by atoms with Crippen molar-refractivity contribution in [3.05, 3.63) is 58.0 Å². The molecule has 0 saturated carbocycles. The van der Waals surface area contributed by atoms with Crippen LogP contribution in [0.25, 0.3) is 11.0 Å². The molecule has 3 aromatic rings. The van der Waals surface area contributed by atoms with Crippen molar-refractivity contribution < 1.29 is 65.5 Å². The summed E-state index contributed by atoms with van der Waals surface area (Å²) in [6, 6.07) is 5.79. The molecule has 286 valence electrons. The summed E-state index contributed by atoms with van der Waals surface area (Å²) in [6.07, 6.45) is -0.369. The first-order valence-electron chi connectivity index (χ1n) is 14.8. The van der Waals surface area contributed by atoms with Crippen LogP contribution in [0.5, 0.6) is 0 Å². The highest BCUT2D eigenvalue weighted by atomic mass is 33.1. The number of nitrogens with zero attached hydrogens (tertiary/aromatic N) is 4. The van der Waals surface area contributed by atoms with Gasteiger partial charge < -0.3 is 49.8 Å². The molecule has 0 spiro atoms. The van der Waals surface area contributed by atoms with Crippen molar-refractivity contribution in [2.45, 2.75) is 50.1 Å². The third-order valence-corrected chi connectivity index (χ3v) is 13.7. The van der Waals surface area contributed by atoms with Crippen LogP contribution in [0.4, 0.5) is 11.5 Å². The number of nitrogen functional groups attached to an aromatic ring is 1. The van der Waals surface area contributed by atoms with Crippen LogP contribution in [0.15, 0.2) is 36.8 Å². The minimum absolute atomic E-state index is 0.00274. The fourth-order valence-corrected chi connectivity index (χ4v) is 9.70. The first kappa shape index (κ1) is 42.3. The Kier molecular flexibility index (Phi) is 14.5. The standard InChI is InChI=1S/C26H35N6O15P3S2/c1-26(2,14-27)52-51-16-42-9-5-7-17-11-31(25-23(17)24(28)29-15-30-25)22-10-20(43-12-18-6-3-4-8-19(18)32(33)34)21(45-22)13-44-49(38,39)47-50(40,41)46-48(35,36)37/h3-4,6,8,11,15,20-22H,9-10,12-14,16,27H2,1-2H3,(H,38,39)(H,40,41)(H2,28,29,30)(H2,35,36,37)/t20-,21-,22-/m1/s1. The number of phosphoric ester groups is 1. The highest BCUT2D eigenvalue weighted by Gasteiger charge is 2.44. The Morgan fingerprint density at radius 2 is 1.88 bits per heavy atom. The zero-order valence-corrected chi connectivity index (χ0v) is 31.6. The van der Waals surface area contributed by atoms with Crippen LogP contribution in [-0.4, -0.2) is 81.7 Å². The summed E-state index contributed by atoms with van der Waals surface area (Å²) in [7, 11) is -13.9. The molecular formula is C26H35N6O15P3S2. The SMILES string of the molecule is CC(C)(CN)SSCOCC#Cc1cn([C@H]2C[C@@H](OCc3ccccc3[N+](=O)[O-])[C@@H](COP(=O)(O)OP(=O)(O)OP(=O)(O)O)O2)c2ncnc(N)c12. The molecule has 4 rings (SSSR count). The molecule has 5 atom stereocenters. The van der Waals surface area contributed by atoms with Gasteiger partial charge in [0, 0.05) is 30.0 Å². The van der Waals surface area contributed by atoms with E-state index >= 15 is 0 Å². The summed E-state index contributed by atoms with van der Waals surface area (Å²) in [4.78, 5) is 56.5. The molecule has 0 amide bonds. The number of ether oxygens (including phenoxy) is 3. The number of para-hydroxylation sites is 1. The summed E-state index contributed by atoms with van der Waals surface area (Å²) in [5, 5.41) is 11.9. The zero-order chi connectivity index (χ0) is 38.3. The highest BCUT2D eigenvalue weighted by Crippen LogP contribution is 2.66. The van der Waals surface area contributed by atoms with Gasteiger partial charge in [-0.25, -0.2) is 23.7 Å². The molecule has 1 aromatic carbocycles. The molecular weight excluding hydrogens is 793 g/mol. The molecule has 8 N–H and O–H groups in total. The highest BCUT2D eigenvalue weighted by molar-refractivity contribution is 8.77. The number of nitro groups is 1. The van der Waals surface area contributed by atoms with Gasteiger partial charge >= 0.3 is 23.5 Å². The largest absolute Gasteiger partial charge is 0.490 e. The predicted octanol–water partition coefficient (Wildman–Crippen LogP) is 3.58. The van der Waals surface area contributed by atoms with Crippen LogP contribution in [0.1, 0.15) is 37.6 Å². The van der Waals surface area contributed by atoms with Gasteiger partial charge in [-0.3, -0.25) is 14.6 Å². The molecule has 1 fully saturated rings. The summed E-state index contributed by atoms with van der Waals surface area (Å²) in [6.45, 7) is 3.47. The number of aromatic nitrogens is 3. The van der Waals surface area contributed by atoms with E-state index in [0.717, 1.165) is 0 Å². The second kappa shape index (κ2) is 17.8. The maximum Gasteiger partial charge on any atom is 0.490 e. The molecule has 1 aliphatic heterocycles. The lowest BCUT2D eigenvalue weighted by atomic mass is 10.1. The molecule has 52 heavy (non-hydrogen) atoms. The Morgan fingerprint density at radius 1 is 1.15 bits per heavy atom. The quantitative estimate of drug-likeness (QED) is 0.0203. The Hall–Kier alpha value is -2.45. The van der Waals surface area contributed by atoms with E-state index < -0.39 is 53.4 Å². The minimum atomic E-state index is -5.79. The summed E-state index contributed by atoms with van der Waals surface area (Å²) >= 11 is 0. The van der Waals surface area contributed by atoms with E-state index in [1.54, 1.807) is 27.6 Å². The predicted molar refractivity (Wildman–Crippen MR) is 188 cm³/mol. The Bertz CT molecular complexity index is 1950. The Morgan fingerprint density at radius 3 is 2.58 bits per heavy atom. The Balaban J connectivity index is 1.55. The van der Waals surface area contributed by atoms with Gasteiger partial charge in [0.05, 0.1) is 40.8 Å². The van der Waals surface area contributed by atoms with Crippen LogP contribution in [0, 0.1) is 22.0 Å². The van der Waals surface area contributed by atoms with Gasteiger partial charge in [-0.1, -0.05) is 45.6 Å². The molecule has 26 heteroatoms. The average Bonchev–Trinajstić information content (AvgIpc) is 3.62. The van der Waals surface area contributed by atoms with E-state index in [4.69, 9.17) is 40.0 Å². The van der Waals surface area contributed by atoms with Crippen molar-refractivity contribution in [3.63, 3.8) is 0 Å². The molecule has 3 heterocycles. The van der Waals surface area contributed by atoms with Crippen molar-refractivity contribution in [2.24, 2.45) is 5.73 Å². The average molecular weight is 829 g/mol. The number of anilines is 1. The van der Waals surface area contributed by atoms with E-state index in [-0.39, 0.29) is 41.5 Å². The van der Waals surface area contributed by atoms with Gasteiger partial charge in [0.1, 0.15) is 42.7 Å². The first-order chi connectivity index (χ1) is 24.3. The van der Waals surface area contributed by atoms with Gasteiger partial charge in [0.15, 0.2) is 0 Å². The van der Waals surface area contributed by atoms with Crippen molar-refractivity contribution in [1.29, 1.82) is 0 Å². The number of fused-ring (bicyclic) bond motifs is 1. The van der Waals surface area contributed by atoms with Crippen LogP contribution < -0.4 is 11.5 Å². The van der Waals surface area contributed by atoms with E-state index in [1.807, 2.05) is 13.8 Å². The van der Waals surface area contributed by atoms with Gasteiger partial charge in [-0.15, -0.1) is 0 Å². The fraction of sp³-hybridized carbons (Fsp3) is 0.462. The fourth-order valence-electron chi connectivity index (χ4n) is 4.57. The Labute approximate surface area is 304 Å². The second-order valence-electron chi connectivity index (χ2n) is 11.3. The zero-order valence-electron chi connectivity index (χ0n) is 27.3. The number of phosphoric acid groups is 3. The molecule has 1 aliphatic rings. The summed E-state index contributed by atoms with van der Waals surface area (Å²) in [5.41, 5.74) is 12.6. The number of hydrogen-bond acceptors (Lipinski definition) is 17. The van der Waals surface area contributed by atoms with Gasteiger partial charge in [-0.2, -0.15) is 8.62 Å². The lowest BCUT2D eigenvalue weighted by molar-refractivity contribution is -0.386. The van der Waals surface area contributed by atoms with Crippen LogP contribution in [0.2, 0.25) is 0 Å². The maximum absolute atomic E-state index is 12.5. The van der Waals surface area contributed by atoms with Crippen molar-refractivity contribution in [1.82, 2.24) is 14.5 Å². The van der Waals surface area contributed by atoms with Crippen LogP contribution in [-0.2, 0) is 47.7 Å². The lowest BCUT2D eigenvalue weighted by Gasteiger charge is -2.21. The molecule has 1 saturated heterocycles. The molecule has 0 bridgehead atoms.